The molecule has 2 aliphatic carbocycles. The Hall–Kier alpha value is -0.740. The van der Waals surface area contributed by atoms with Gasteiger partial charge in [-0.1, -0.05) is 0 Å². The highest BCUT2D eigenvalue weighted by atomic mass is 19.4. The zero-order valence-electron chi connectivity index (χ0n) is 8.43. The van der Waals surface area contributed by atoms with Gasteiger partial charge in [0.15, 0.2) is 0 Å². The molecule has 5 heteroatoms. The normalized spacial score (nSPS) is 39.5. The van der Waals surface area contributed by atoms with Crippen molar-refractivity contribution in [3.8, 4) is 0 Å². The van der Waals surface area contributed by atoms with Gasteiger partial charge in [-0.15, -0.1) is 0 Å². The molecule has 2 aliphatic rings. The molecule has 0 aromatic heterocycles. The largest absolute Gasteiger partial charge is 0.490 e. The van der Waals surface area contributed by atoms with E-state index in [1.807, 2.05) is 0 Å². The van der Waals surface area contributed by atoms with E-state index in [1.165, 1.54) is 0 Å². The quantitative estimate of drug-likeness (QED) is 0.637. The summed E-state index contributed by atoms with van der Waals surface area (Å²) >= 11 is 0. The molecule has 2 saturated carbocycles. The van der Waals surface area contributed by atoms with Crippen molar-refractivity contribution >= 4 is 5.97 Å². The Bertz CT molecular complexity index is 287. The van der Waals surface area contributed by atoms with Crippen molar-refractivity contribution in [2.24, 2.45) is 11.8 Å². The van der Waals surface area contributed by atoms with Crippen molar-refractivity contribution in [3.05, 3.63) is 0 Å². The fraction of sp³-hybridized carbons (Fsp3) is 0.900. The van der Waals surface area contributed by atoms with E-state index in [2.05, 4.69) is 4.74 Å². The van der Waals surface area contributed by atoms with E-state index >= 15 is 0 Å². The second-order valence-electron chi connectivity index (χ2n) is 4.78. The predicted octanol–water partition coefficient (Wildman–Crippen LogP) is 2.67. The SMILES string of the molecule is C[C@]1(OC(=O)C(F)(F)F)C[C@H]2CC[C@@H]1C2. The fourth-order valence-corrected chi connectivity index (χ4v) is 2.95. The molecule has 3 atom stereocenters. The van der Waals surface area contributed by atoms with E-state index in [4.69, 9.17) is 0 Å². The molecule has 15 heavy (non-hydrogen) atoms. The molecular weight excluding hydrogens is 209 g/mol. The van der Waals surface area contributed by atoms with Crippen LogP contribution in [0.25, 0.3) is 0 Å². The van der Waals surface area contributed by atoms with Crippen LogP contribution in [0.1, 0.15) is 32.6 Å². The zero-order valence-corrected chi connectivity index (χ0v) is 8.43. The van der Waals surface area contributed by atoms with E-state index in [0.29, 0.717) is 12.3 Å². The van der Waals surface area contributed by atoms with Crippen LogP contribution in [0.15, 0.2) is 0 Å². The summed E-state index contributed by atoms with van der Waals surface area (Å²) in [4.78, 5) is 10.8. The third kappa shape index (κ3) is 1.84. The van der Waals surface area contributed by atoms with Crippen molar-refractivity contribution < 1.29 is 22.7 Å². The summed E-state index contributed by atoms with van der Waals surface area (Å²) in [5.74, 6) is -1.48. The van der Waals surface area contributed by atoms with Crippen LogP contribution >= 0.6 is 0 Å². The molecule has 0 N–H and O–H groups in total. The van der Waals surface area contributed by atoms with Crippen molar-refractivity contribution in [2.45, 2.75) is 44.4 Å². The van der Waals surface area contributed by atoms with Gasteiger partial charge in [-0.3, -0.25) is 0 Å². The van der Waals surface area contributed by atoms with Gasteiger partial charge in [-0.2, -0.15) is 13.2 Å². The minimum atomic E-state index is -4.87. The average Bonchev–Trinajstić information content (AvgIpc) is 2.60. The first-order chi connectivity index (χ1) is 6.81. The summed E-state index contributed by atoms with van der Waals surface area (Å²) in [5, 5.41) is 0. The van der Waals surface area contributed by atoms with Crippen molar-refractivity contribution in [2.75, 3.05) is 0 Å². The molecule has 0 saturated heterocycles. The first-order valence-corrected chi connectivity index (χ1v) is 5.11. The number of carbonyl (C=O) groups excluding carboxylic acids is 1. The van der Waals surface area contributed by atoms with E-state index in [0.717, 1.165) is 19.3 Å². The van der Waals surface area contributed by atoms with Gasteiger partial charge in [-0.25, -0.2) is 4.79 Å². The van der Waals surface area contributed by atoms with Gasteiger partial charge in [0.2, 0.25) is 0 Å². The lowest BCUT2D eigenvalue weighted by Gasteiger charge is -2.33. The summed E-state index contributed by atoms with van der Waals surface area (Å²) < 4.78 is 40.8. The van der Waals surface area contributed by atoms with E-state index in [1.54, 1.807) is 6.92 Å². The number of esters is 1. The molecule has 0 aromatic rings. The lowest BCUT2D eigenvalue weighted by atomic mass is 9.86. The fourth-order valence-electron chi connectivity index (χ4n) is 2.95. The number of halogens is 3. The molecule has 0 spiro atoms. The van der Waals surface area contributed by atoms with Crippen LogP contribution < -0.4 is 0 Å². The molecule has 2 rings (SSSR count). The van der Waals surface area contributed by atoms with Crippen LogP contribution in [-0.2, 0) is 9.53 Å². The van der Waals surface area contributed by atoms with Gasteiger partial charge in [-0.05, 0) is 44.4 Å². The standard InChI is InChI=1S/C10H13F3O2/c1-9(15-8(14)10(11,12)13)5-6-2-3-7(9)4-6/h6-7H,2-5H2,1H3/t6-,7+,9-/m0/s1. The number of rotatable bonds is 1. The van der Waals surface area contributed by atoms with Crippen LogP contribution in [0.2, 0.25) is 0 Å². The Morgan fingerprint density at radius 3 is 2.47 bits per heavy atom. The van der Waals surface area contributed by atoms with Crippen LogP contribution in [0, 0.1) is 11.8 Å². The van der Waals surface area contributed by atoms with E-state index in [9.17, 15) is 18.0 Å². The number of ether oxygens (including phenoxy) is 1. The molecule has 2 nitrogen and oxygen atoms in total. The van der Waals surface area contributed by atoms with Gasteiger partial charge in [0.1, 0.15) is 5.60 Å². The monoisotopic (exact) mass is 222 g/mol. The van der Waals surface area contributed by atoms with E-state index < -0.39 is 17.7 Å². The molecule has 0 aliphatic heterocycles. The molecule has 0 radical (unpaired) electrons. The predicted molar refractivity (Wildman–Crippen MR) is 46.0 cm³/mol. The van der Waals surface area contributed by atoms with Gasteiger partial charge < -0.3 is 4.74 Å². The van der Waals surface area contributed by atoms with Gasteiger partial charge in [0.25, 0.3) is 0 Å². The topological polar surface area (TPSA) is 26.3 Å². The van der Waals surface area contributed by atoms with Gasteiger partial charge in [0, 0.05) is 0 Å². The van der Waals surface area contributed by atoms with E-state index in [-0.39, 0.29) is 5.92 Å². The Kier molecular flexibility index (Phi) is 2.24. The molecule has 2 fully saturated rings. The minimum Gasteiger partial charge on any atom is -0.452 e. The van der Waals surface area contributed by atoms with Crippen LogP contribution in [0.3, 0.4) is 0 Å². The highest BCUT2D eigenvalue weighted by Gasteiger charge is 2.54. The summed E-state index contributed by atoms with van der Waals surface area (Å²) in [6, 6.07) is 0. The molecule has 0 aromatic carbocycles. The molecule has 0 amide bonds. The van der Waals surface area contributed by atoms with Crippen molar-refractivity contribution in [3.63, 3.8) is 0 Å². The second kappa shape index (κ2) is 3.12. The van der Waals surface area contributed by atoms with Crippen molar-refractivity contribution in [1.29, 1.82) is 0 Å². The number of hydrogen-bond donors (Lipinski definition) is 0. The zero-order chi connectivity index (χ0) is 11.3. The minimum absolute atomic E-state index is 0.119. The first-order valence-electron chi connectivity index (χ1n) is 5.11. The smallest absolute Gasteiger partial charge is 0.452 e. The molecule has 86 valence electrons. The third-order valence-electron chi connectivity index (χ3n) is 3.66. The third-order valence-corrected chi connectivity index (χ3v) is 3.66. The number of carbonyl (C=O) groups is 1. The van der Waals surface area contributed by atoms with Crippen LogP contribution in [0.4, 0.5) is 13.2 Å². The highest BCUT2D eigenvalue weighted by molar-refractivity contribution is 5.76. The summed E-state index contributed by atoms with van der Waals surface area (Å²) in [5.41, 5.74) is -0.879. The number of fused-ring (bicyclic) bond motifs is 2. The summed E-state index contributed by atoms with van der Waals surface area (Å²) in [6.07, 6.45) is -1.44. The number of hydrogen-bond acceptors (Lipinski definition) is 2. The summed E-state index contributed by atoms with van der Waals surface area (Å²) in [7, 11) is 0. The lowest BCUT2D eigenvalue weighted by molar-refractivity contribution is -0.216. The maximum atomic E-state index is 12.0. The Morgan fingerprint density at radius 1 is 1.40 bits per heavy atom. The maximum Gasteiger partial charge on any atom is 0.490 e. The molecule has 0 heterocycles. The van der Waals surface area contributed by atoms with Crippen LogP contribution in [0.5, 0.6) is 0 Å². The average molecular weight is 222 g/mol. The molecule has 2 bridgehead atoms. The lowest BCUT2D eigenvalue weighted by Crippen LogP contribution is -2.41. The maximum absolute atomic E-state index is 12.0. The van der Waals surface area contributed by atoms with Gasteiger partial charge >= 0.3 is 12.1 Å². The molecular formula is C10H13F3O2. The molecule has 0 unspecified atom stereocenters. The highest BCUT2D eigenvalue weighted by Crippen LogP contribution is 2.52. The van der Waals surface area contributed by atoms with Gasteiger partial charge in [0.05, 0.1) is 0 Å². The first kappa shape index (κ1) is 10.8. The second-order valence-corrected chi connectivity index (χ2v) is 4.78. The number of alkyl halides is 3. The van der Waals surface area contributed by atoms with Crippen molar-refractivity contribution in [1.82, 2.24) is 0 Å². The summed E-state index contributed by atoms with van der Waals surface area (Å²) in [6.45, 7) is 1.63. The Labute approximate surface area is 85.8 Å². The Balaban J connectivity index is 2.03. The van der Waals surface area contributed by atoms with Crippen LogP contribution in [-0.4, -0.2) is 17.7 Å². The Morgan fingerprint density at radius 2 is 2.07 bits per heavy atom.